The summed E-state index contributed by atoms with van der Waals surface area (Å²) in [7, 11) is 0. The zero-order valence-electron chi connectivity index (χ0n) is 10.5. The van der Waals surface area contributed by atoms with Gasteiger partial charge in [-0.2, -0.15) is 0 Å². The monoisotopic (exact) mass is 263 g/mol. The van der Waals surface area contributed by atoms with E-state index in [0.29, 0.717) is 0 Å². The number of piperazine rings is 1. The SMILES string of the molecule is Cc1cc(N2CCNCC2)nc2ccccc12.Cl. The van der Waals surface area contributed by atoms with Crippen LogP contribution in [0.2, 0.25) is 0 Å². The number of hydrogen-bond donors (Lipinski definition) is 1. The first kappa shape index (κ1) is 13.1. The zero-order valence-corrected chi connectivity index (χ0v) is 11.3. The highest BCUT2D eigenvalue weighted by Gasteiger charge is 2.12. The van der Waals surface area contributed by atoms with Crippen molar-refractivity contribution in [3.05, 3.63) is 35.9 Å². The van der Waals surface area contributed by atoms with Crippen LogP contribution in [0.4, 0.5) is 5.82 Å². The predicted octanol–water partition coefficient (Wildman–Crippen LogP) is 2.37. The second kappa shape index (κ2) is 5.55. The van der Waals surface area contributed by atoms with Gasteiger partial charge in [-0.05, 0) is 24.6 Å². The molecule has 1 aliphatic heterocycles. The fourth-order valence-corrected chi connectivity index (χ4v) is 2.39. The molecule has 2 heterocycles. The molecule has 1 aromatic heterocycles. The van der Waals surface area contributed by atoms with Crippen molar-refractivity contribution in [1.82, 2.24) is 10.3 Å². The number of rotatable bonds is 1. The number of benzene rings is 1. The first-order chi connectivity index (χ1) is 8.34. The van der Waals surface area contributed by atoms with Crippen LogP contribution in [0.5, 0.6) is 0 Å². The van der Waals surface area contributed by atoms with Gasteiger partial charge in [-0.3, -0.25) is 0 Å². The summed E-state index contributed by atoms with van der Waals surface area (Å²) in [4.78, 5) is 7.11. The summed E-state index contributed by atoms with van der Waals surface area (Å²) in [5.41, 5.74) is 2.41. The zero-order chi connectivity index (χ0) is 11.7. The molecule has 3 rings (SSSR count). The second-order valence-corrected chi connectivity index (χ2v) is 4.55. The quantitative estimate of drug-likeness (QED) is 0.856. The van der Waals surface area contributed by atoms with Crippen LogP contribution < -0.4 is 10.2 Å². The lowest BCUT2D eigenvalue weighted by atomic mass is 10.1. The van der Waals surface area contributed by atoms with Gasteiger partial charge >= 0.3 is 0 Å². The molecule has 4 heteroatoms. The Balaban J connectivity index is 0.00000120. The minimum atomic E-state index is 0. The lowest BCUT2D eigenvalue weighted by Gasteiger charge is -2.28. The Bertz CT molecular complexity index is 536. The number of halogens is 1. The Morgan fingerprint density at radius 2 is 1.89 bits per heavy atom. The number of nitrogens with one attached hydrogen (secondary N) is 1. The number of nitrogens with zero attached hydrogens (tertiary/aromatic N) is 2. The Morgan fingerprint density at radius 1 is 1.17 bits per heavy atom. The van der Waals surface area contributed by atoms with Gasteiger partial charge < -0.3 is 10.2 Å². The van der Waals surface area contributed by atoms with Gasteiger partial charge in [0, 0.05) is 31.6 Å². The second-order valence-electron chi connectivity index (χ2n) is 4.55. The molecule has 0 aliphatic carbocycles. The third-order valence-electron chi connectivity index (χ3n) is 3.35. The molecular formula is C14H18ClN3. The number of hydrogen-bond acceptors (Lipinski definition) is 3. The van der Waals surface area contributed by atoms with Gasteiger partial charge in [0.05, 0.1) is 5.52 Å². The normalized spacial score (nSPS) is 15.5. The standard InChI is InChI=1S/C14H17N3.ClH/c1-11-10-14(17-8-6-15-7-9-17)16-13-5-3-2-4-12(11)13;/h2-5,10,15H,6-9H2,1H3;1H. The maximum Gasteiger partial charge on any atom is 0.129 e. The average Bonchev–Trinajstić information content (AvgIpc) is 2.40. The molecule has 2 aromatic rings. The van der Waals surface area contributed by atoms with E-state index in [2.05, 4.69) is 47.5 Å². The fourth-order valence-electron chi connectivity index (χ4n) is 2.39. The van der Waals surface area contributed by atoms with Gasteiger partial charge in [0.2, 0.25) is 0 Å². The van der Waals surface area contributed by atoms with E-state index in [1.165, 1.54) is 10.9 Å². The Hall–Kier alpha value is -1.32. The van der Waals surface area contributed by atoms with Gasteiger partial charge in [-0.25, -0.2) is 4.98 Å². The lowest BCUT2D eigenvalue weighted by molar-refractivity contribution is 0.585. The highest BCUT2D eigenvalue weighted by atomic mass is 35.5. The summed E-state index contributed by atoms with van der Waals surface area (Å²) in [6, 6.07) is 10.6. The highest BCUT2D eigenvalue weighted by molar-refractivity contribution is 5.85. The van der Waals surface area contributed by atoms with E-state index in [0.717, 1.165) is 37.5 Å². The van der Waals surface area contributed by atoms with Crippen molar-refractivity contribution in [3.63, 3.8) is 0 Å². The van der Waals surface area contributed by atoms with Crippen LogP contribution in [-0.4, -0.2) is 31.2 Å². The first-order valence-corrected chi connectivity index (χ1v) is 6.17. The molecule has 1 aromatic carbocycles. The van der Waals surface area contributed by atoms with Gasteiger partial charge in [0.25, 0.3) is 0 Å². The summed E-state index contributed by atoms with van der Waals surface area (Å²) < 4.78 is 0. The molecule has 18 heavy (non-hydrogen) atoms. The van der Waals surface area contributed by atoms with Crippen LogP contribution in [0.3, 0.4) is 0 Å². The number of anilines is 1. The van der Waals surface area contributed by atoms with Crippen LogP contribution in [0.25, 0.3) is 10.9 Å². The molecule has 3 nitrogen and oxygen atoms in total. The summed E-state index contributed by atoms with van der Waals surface area (Å²) in [5.74, 6) is 1.11. The van der Waals surface area contributed by atoms with Gasteiger partial charge in [-0.1, -0.05) is 18.2 Å². The van der Waals surface area contributed by atoms with Gasteiger partial charge in [0.15, 0.2) is 0 Å². The average molecular weight is 264 g/mol. The molecule has 1 saturated heterocycles. The molecule has 0 amide bonds. The topological polar surface area (TPSA) is 28.2 Å². The van der Waals surface area contributed by atoms with E-state index in [9.17, 15) is 0 Å². The molecular weight excluding hydrogens is 246 g/mol. The van der Waals surface area contributed by atoms with Crippen LogP contribution in [0, 0.1) is 6.92 Å². The number of para-hydroxylation sites is 1. The van der Waals surface area contributed by atoms with Gasteiger partial charge in [-0.15, -0.1) is 12.4 Å². The number of aromatic nitrogens is 1. The number of fused-ring (bicyclic) bond motifs is 1. The van der Waals surface area contributed by atoms with Crippen molar-refractivity contribution in [2.24, 2.45) is 0 Å². The predicted molar refractivity (Wildman–Crippen MR) is 78.8 cm³/mol. The number of pyridine rings is 1. The van der Waals surface area contributed by atoms with E-state index >= 15 is 0 Å². The molecule has 0 atom stereocenters. The summed E-state index contributed by atoms with van der Waals surface area (Å²) in [6.07, 6.45) is 0. The van der Waals surface area contributed by atoms with Crippen LogP contribution in [0.15, 0.2) is 30.3 Å². The van der Waals surface area contributed by atoms with Crippen LogP contribution >= 0.6 is 12.4 Å². The summed E-state index contributed by atoms with van der Waals surface area (Å²) in [6.45, 7) is 6.35. The van der Waals surface area contributed by atoms with Crippen molar-refractivity contribution in [3.8, 4) is 0 Å². The van der Waals surface area contributed by atoms with Crippen molar-refractivity contribution in [2.45, 2.75) is 6.92 Å². The van der Waals surface area contributed by atoms with E-state index in [1.54, 1.807) is 0 Å². The molecule has 0 saturated carbocycles. The molecule has 0 spiro atoms. The third-order valence-corrected chi connectivity index (χ3v) is 3.35. The van der Waals surface area contributed by atoms with E-state index in [-0.39, 0.29) is 12.4 Å². The Morgan fingerprint density at radius 3 is 2.67 bits per heavy atom. The fraction of sp³-hybridized carbons (Fsp3) is 0.357. The van der Waals surface area contributed by atoms with Crippen molar-refractivity contribution in [1.29, 1.82) is 0 Å². The lowest BCUT2D eigenvalue weighted by Crippen LogP contribution is -2.43. The summed E-state index contributed by atoms with van der Waals surface area (Å²) >= 11 is 0. The van der Waals surface area contributed by atoms with E-state index in [1.807, 2.05) is 0 Å². The van der Waals surface area contributed by atoms with Crippen molar-refractivity contribution < 1.29 is 0 Å². The maximum atomic E-state index is 4.76. The molecule has 96 valence electrons. The highest BCUT2D eigenvalue weighted by Crippen LogP contribution is 2.22. The minimum absolute atomic E-state index is 0. The number of aryl methyl sites for hydroxylation is 1. The molecule has 1 fully saturated rings. The third kappa shape index (κ3) is 2.42. The van der Waals surface area contributed by atoms with Crippen LogP contribution in [-0.2, 0) is 0 Å². The van der Waals surface area contributed by atoms with Crippen molar-refractivity contribution in [2.75, 3.05) is 31.1 Å². The largest absolute Gasteiger partial charge is 0.354 e. The Kier molecular flexibility index (Phi) is 4.04. The van der Waals surface area contributed by atoms with E-state index in [4.69, 9.17) is 4.98 Å². The maximum absolute atomic E-state index is 4.76. The molecule has 0 radical (unpaired) electrons. The van der Waals surface area contributed by atoms with Crippen molar-refractivity contribution >= 4 is 29.1 Å². The van der Waals surface area contributed by atoms with Crippen LogP contribution in [0.1, 0.15) is 5.56 Å². The first-order valence-electron chi connectivity index (χ1n) is 6.17. The molecule has 0 unspecified atom stereocenters. The summed E-state index contributed by atoms with van der Waals surface area (Å²) in [5, 5.41) is 4.62. The molecule has 1 aliphatic rings. The minimum Gasteiger partial charge on any atom is -0.354 e. The molecule has 0 bridgehead atoms. The Labute approximate surface area is 114 Å². The van der Waals surface area contributed by atoms with E-state index < -0.39 is 0 Å². The molecule has 1 N–H and O–H groups in total. The van der Waals surface area contributed by atoms with Gasteiger partial charge in [0.1, 0.15) is 5.82 Å². The smallest absolute Gasteiger partial charge is 0.129 e.